The minimum Gasteiger partial charge on any atom is -0.494 e. The second-order valence-corrected chi connectivity index (χ2v) is 10.9. The highest BCUT2D eigenvalue weighted by molar-refractivity contribution is 6.06. The zero-order valence-electron chi connectivity index (χ0n) is 23.7. The lowest BCUT2D eigenvalue weighted by molar-refractivity contribution is -0.119. The van der Waals surface area contributed by atoms with E-state index >= 15 is 0 Å². The molecule has 0 aromatic heterocycles. The van der Waals surface area contributed by atoms with E-state index in [2.05, 4.69) is 31.3 Å². The Morgan fingerprint density at radius 3 is 2.33 bits per heavy atom. The first-order valence-electron chi connectivity index (χ1n) is 14.8. The van der Waals surface area contributed by atoms with Crippen LogP contribution >= 0.6 is 0 Å². The van der Waals surface area contributed by atoms with Gasteiger partial charge in [0.15, 0.2) is 5.78 Å². The van der Waals surface area contributed by atoms with E-state index in [1.165, 1.54) is 5.56 Å². The number of hydrogen-bond donors (Lipinski definition) is 1. The Kier molecular flexibility index (Phi) is 9.00. The first kappa shape index (κ1) is 27.7. The van der Waals surface area contributed by atoms with E-state index in [4.69, 9.17) is 4.74 Å². The molecule has 1 amide bonds. The SMILES string of the molecule is CCCCCC(=O)N1c2ccccc2NC2=C(C(=O)C[C@H](c3ccccc3)C2)[C@@H]1c1ccc(OCCCC)cc1. The number of nitrogens with one attached hydrogen (secondary N) is 1. The molecule has 1 aliphatic heterocycles. The Balaban J connectivity index is 1.60. The van der Waals surface area contributed by atoms with Gasteiger partial charge in [0.1, 0.15) is 5.75 Å². The number of ketones is 1. The zero-order chi connectivity index (χ0) is 27.9. The number of benzene rings is 3. The third-order valence-electron chi connectivity index (χ3n) is 7.98. The smallest absolute Gasteiger partial charge is 0.227 e. The van der Waals surface area contributed by atoms with Crippen LogP contribution in [0.25, 0.3) is 0 Å². The molecular weight excluding hydrogens is 496 g/mol. The third-order valence-corrected chi connectivity index (χ3v) is 7.98. The minimum atomic E-state index is -0.505. The Morgan fingerprint density at radius 1 is 0.850 bits per heavy atom. The number of anilines is 2. The van der Waals surface area contributed by atoms with Gasteiger partial charge in [0, 0.05) is 24.1 Å². The van der Waals surface area contributed by atoms with Gasteiger partial charge < -0.3 is 10.1 Å². The quantitative estimate of drug-likeness (QED) is 0.265. The van der Waals surface area contributed by atoms with Crippen LogP contribution in [0.15, 0.2) is 90.1 Å². The van der Waals surface area contributed by atoms with E-state index in [-0.39, 0.29) is 17.6 Å². The minimum absolute atomic E-state index is 0.0442. The van der Waals surface area contributed by atoms with Gasteiger partial charge in [-0.3, -0.25) is 14.5 Å². The van der Waals surface area contributed by atoms with Crippen LogP contribution in [0.4, 0.5) is 11.4 Å². The van der Waals surface area contributed by atoms with Gasteiger partial charge in [0.05, 0.1) is 24.0 Å². The summed E-state index contributed by atoms with van der Waals surface area (Å²) in [5, 5.41) is 3.63. The highest BCUT2D eigenvalue weighted by Crippen LogP contribution is 2.47. The summed E-state index contributed by atoms with van der Waals surface area (Å²) in [5.41, 5.74) is 5.38. The molecule has 0 saturated heterocycles. The van der Waals surface area contributed by atoms with Crippen molar-refractivity contribution in [2.45, 2.75) is 77.2 Å². The van der Waals surface area contributed by atoms with Crippen LogP contribution in [-0.2, 0) is 9.59 Å². The summed E-state index contributed by atoms with van der Waals surface area (Å²) in [6.07, 6.45) is 6.53. The molecule has 0 fully saturated rings. The molecule has 2 atom stereocenters. The lowest BCUT2D eigenvalue weighted by Crippen LogP contribution is -2.38. The largest absolute Gasteiger partial charge is 0.494 e. The number of nitrogens with zero attached hydrogens (tertiary/aromatic N) is 1. The monoisotopic (exact) mass is 536 g/mol. The maximum Gasteiger partial charge on any atom is 0.227 e. The maximum absolute atomic E-state index is 14.1. The van der Waals surface area contributed by atoms with E-state index in [0.717, 1.165) is 60.5 Å². The van der Waals surface area contributed by atoms with Gasteiger partial charge in [-0.25, -0.2) is 0 Å². The Morgan fingerprint density at radius 2 is 1.57 bits per heavy atom. The Hall–Kier alpha value is -3.86. The summed E-state index contributed by atoms with van der Waals surface area (Å²) in [5.74, 6) is 1.03. The van der Waals surface area contributed by atoms with E-state index in [1.807, 2.05) is 71.6 Å². The summed E-state index contributed by atoms with van der Waals surface area (Å²) in [4.78, 5) is 30.0. The molecular formula is C35H40N2O3. The fraction of sp³-hybridized carbons (Fsp3) is 0.371. The van der Waals surface area contributed by atoms with Crippen LogP contribution in [-0.4, -0.2) is 18.3 Å². The first-order valence-corrected chi connectivity index (χ1v) is 14.8. The Bertz CT molecular complexity index is 1350. The molecule has 0 saturated carbocycles. The summed E-state index contributed by atoms with van der Waals surface area (Å²) < 4.78 is 5.93. The fourth-order valence-electron chi connectivity index (χ4n) is 5.87. The van der Waals surface area contributed by atoms with Crippen molar-refractivity contribution >= 4 is 23.1 Å². The summed E-state index contributed by atoms with van der Waals surface area (Å²) in [7, 11) is 0. The molecule has 0 spiro atoms. The molecule has 1 heterocycles. The molecule has 3 aromatic rings. The van der Waals surface area contributed by atoms with E-state index < -0.39 is 6.04 Å². The molecule has 5 nitrogen and oxygen atoms in total. The van der Waals surface area contributed by atoms with Gasteiger partial charge in [-0.2, -0.15) is 0 Å². The van der Waals surface area contributed by atoms with Crippen LogP contribution in [0.3, 0.4) is 0 Å². The van der Waals surface area contributed by atoms with Crippen molar-refractivity contribution in [3.8, 4) is 5.75 Å². The van der Waals surface area contributed by atoms with Crippen molar-refractivity contribution in [1.82, 2.24) is 0 Å². The second-order valence-electron chi connectivity index (χ2n) is 10.9. The summed E-state index contributed by atoms with van der Waals surface area (Å²) in [6, 6.07) is 25.7. The number of carbonyl (C=O) groups excluding carboxylic acids is 2. The first-order chi connectivity index (χ1) is 19.6. The molecule has 40 heavy (non-hydrogen) atoms. The topological polar surface area (TPSA) is 58.6 Å². The molecule has 208 valence electrons. The van der Waals surface area contributed by atoms with Gasteiger partial charge in [-0.05, 0) is 60.6 Å². The number of fused-ring (bicyclic) bond motifs is 1. The van der Waals surface area contributed by atoms with Crippen molar-refractivity contribution in [3.63, 3.8) is 0 Å². The number of Topliss-reactive ketones (excluding diaryl/α,β-unsaturated/α-hetero) is 1. The summed E-state index contributed by atoms with van der Waals surface area (Å²) in [6.45, 7) is 4.96. The van der Waals surface area contributed by atoms with Crippen molar-refractivity contribution in [1.29, 1.82) is 0 Å². The molecule has 3 aromatic carbocycles. The number of allylic oxidation sites excluding steroid dienone is 1. The third kappa shape index (κ3) is 5.99. The number of ether oxygens (including phenoxy) is 1. The predicted octanol–water partition coefficient (Wildman–Crippen LogP) is 8.35. The highest BCUT2D eigenvalue weighted by atomic mass is 16.5. The van der Waals surface area contributed by atoms with Crippen molar-refractivity contribution < 1.29 is 14.3 Å². The van der Waals surface area contributed by atoms with Gasteiger partial charge >= 0.3 is 0 Å². The molecule has 5 heteroatoms. The molecule has 0 bridgehead atoms. The van der Waals surface area contributed by atoms with Crippen LogP contribution in [0.1, 0.15) is 88.3 Å². The normalized spacial score (nSPS) is 18.4. The van der Waals surface area contributed by atoms with Crippen LogP contribution in [0.2, 0.25) is 0 Å². The van der Waals surface area contributed by atoms with Crippen LogP contribution in [0.5, 0.6) is 5.75 Å². The highest BCUT2D eigenvalue weighted by Gasteiger charge is 2.41. The zero-order valence-corrected chi connectivity index (χ0v) is 23.7. The summed E-state index contributed by atoms with van der Waals surface area (Å²) >= 11 is 0. The lowest BCUT2D eigenvalue weighted by Gasteiger charge is -2.35. The van der Waals surface area contributed by atoms with Crippen LogP contribution < -0.4 is 15.0 Å². The predicted molar refractivity (Wildman–Crippen MR) is 162 cm³/mol. The van der Waals surface area contributed by atoms with Crippen molar-refractivity contribution in [2.75, 3.05) is 16.8 Å². The molecule has 1 N–H and O–H groups in total. The average Bonchev–Trinajstić information content (AvgIpc) is 3.13. The van der Waals surface area contributed by atoms with E-state index in [0.29, 0.717) is 31.4 Å². The standard InChI is InChI=1S/C35H40N2O3/c1-3-5-8-17-33(39)37-31-16-12-11-15-29(31)36-30-23-27(25-13-9-7-10-14-25)24-32(38)34(30)35(37)26-18-20-28(21-19-26)40-22-6-4-2/h7,9-16,18-21,27,35-36H,3-6,8,17,22-24H2,1-2H3/t27-,35+/m1/s1. The van der Waals surface area contributed by atoms with Gasteiger partial charge in [0.2, 0.25) is 5.91 Å². The lowest BCUT2D eigenvalue weighted by atomic mass is 9.78. The number of rotatable bonds is 10. The number of amides is 1. The molecule has 1 aliphatic carbocycles. The number of hydrogen-bond acceptors (Lipinski definition) is 4. The number of para-hydroxylation sites is 2. The molecule has 0 radical (unpaired) electrons. The van der Waals surface area contributed by atoms with Crippen LogP contribution in [0, 0.1) is 0 Å². The Labute approximate surface area is 238 Å². The number of unbranched alkanes of at least 4 members (excludes halogenated alkanes) is 3. The van der Waals surface area contributed by atoms with Gasteiger partial charge in [-0.15, -0.1) is 0 Å². The van der Waals surface area contributed by atoms with Gasteiger partial charge in [0.25, 0.3) is 0 Å². The van der Waals surface area contributed by atoms with Crippen molar-refractivity contribution in [3.05, 3.63) is 101 Å². The number of carbonyl (C=O) groups is 2. The molecule has 0 unspecified atom stereocenters. The van der Waals surface area contributed by atoms with E-state index in [1.54, 1.807) is 0 Å². The maximum atomic E-state index is 14.1. The molecule has 2 aliphatic rings. The fourth-order valence-corrected chi connectivity index (χ4v) is 5.87. The average molecular weight is 537 g/mol. The van der Waals surface area contributed by atoms with Crippen molar-refractivity contribution in [2.24, 2.45) is 0 Å². The van der Waals surface area contributed by atoms with E-state index in [9.17, 15) is 9.59 Å². The second kappa shape index (κ2) is 13.0. The van der Waals surface area contributed by atoms with Gasteiger partial charge in [-0.1, -0.05) is 87.7 Å². The molecule has 5 rings (SSSR count).